The number of rotatable bonds is 4. The lowest BCUT2D eigenvalue weighted by molar-refractivity contribution is 0.899. The lowest BCUT2D eigenvalue weighted by Gasteiger charge is -1.96. The van der Waals surface area contributed by atoms with Gasteiger partial charge in [0.1, 0.15) is 0 Å². The van der Waals surface area contributed by atoms with E-state index in [0.29, 0.717) is 0 Å². The lowest BCUT2D eigenvalue weighted by Crippen LogP contribution is -2.18. The highest BCUT2D eigenvalue weighted by Crippen LogP contribution is 2.10. The van der Waals surface area contributed by atoms with Crippen molar-refractivity contribution >= 4 is 29.6 Å². The van der Waals surface area contributed by atoms with Crippen molar-refractivity contribution in [2.24, 2.45) is 15.4 Å². The second-order valence-corrected chi connectivity index (χ2v) is 4.76. The minimum atomic E-state index is 0.745. The fraction of sp³-hybridized carbons (Fsp3) is 0.182. The van der Waals surface area contributed by atoms with Crippen molar-refractivity contribution in [2.75, 3.05) is 12.5 Å². The summed E-state index contributed by atoms with van der Waals surface area (Å²) in [5.74, 6) is 0. The smallest absolute Gasteiger partial charge is 0.252 e. The van der Waals surface area contributed by atoms with Crippen LogP contribution in [0.25, 0.3) is 0 Å². The molecule has 0 bridgehead atoms. The van der Waals surface area contributed by atoms with Crippen LogP contribution in [0, 0.1) is 0 Å². The molecule has 0 saturated carbocycles. The number of imidazole rings is 1. The van der Waals surface area contributed by atoms with Crippen molar-refractivity contribution in [3.63, 3.8) is 0 Å². The molecule has 1 aromatic carbocycles. The third kappa shape index (κ3) is 3.05. The molecule has 1 heterocycles. The van der Waals surface area contributed by atoms with Crippen LogP contribution in [0.5, 0.6) is 0 Å². The van der Waals surface area contributed by atoms with Crippen LogP contribution in [0.3, 0.4) is 0 Å². The fourth-order valence-corrected chi connectivity index (χ4v) is 2.31. The molecule has 0 unspecified atom stereocenters. The molecule has 7 heteroatoms. The third-order valence-electron chi connectivity index (χ3n) is 2.18. The summed E-state index contributed by atoms with van der Waals surface area (Å²) >= 11 is 3.13. The van der Waals surface area contributed by atoms with Crippen molar-refractivity contribution in [3.8, 4) is 0 Å². The Balaban J connectivity index is 2.28. The molecule has 0 aliphatic rings. The standard InChI is InChI=1S/C11H13N5S2/c1-17-15-8-9-16(18-2)11(15)13-14-12-10-6-4-3-5-7-10/h3-9H,1-2H3. The molecule has 0 fully saturated rings. The zero-order chi connectivity index (χ0) is 12.8. The maximum atomic E-state index is 4.15. The van der Waals surface area contributed by atoms with Gasteiger partial charge in [0.05, 0.1) is 5.69 Å². The molecule has 0 saturated heterocycles. The molecule has 0 N–H and O–H groups in total. The van der Waals surface area contributed by atoms with Gasteiger partial charge in [-0.1, -0.05) is 23.3 Å². The second-order valence-electron chi connectivity index (χ2n) is 3.24. The Hall–Kier alpha value is -1.47. The molecule has 0 aliphatic carbocycles. The first-order valence-electron chi connectivity index (χ1n) is 5.24. The number of hydrogen-bond acceptors (Lipinski definition) is 4. The molecule has 2 aromatic rings. The monoisotopic (exact) mass is 279 g/mol. The zero-order valence-electron chi connectivity index (χ0n) is 10.1. The largest absolute Gasteiger partial charge is 0.258 e. The van der Waals surface area contributed by atoms with Crippen LogP contribution in [0.2, 0.25) is 0 Å². The molecule has 0 radical (unpaired) electrons. The van der Waals surface area contributed by atoms with Crippen LogP contribution in [-0.2, 0) is 0 Å². The molecule has 0 spiro atoms. The van der Waals surface area contributed by atoms with Crippen LogP contribution in [-0.4, -0.2) is 20.5 Å². The van der Waals surface area contributed by atoms with Gasteiger partial charge in [-0.3, -0.25) is 7.94 Å². The Morgan fingerprint density at radius 1 is 0.944 bits per heavy atom. The topological polar surface area (TPSA) is 46.9 Å². The summed E-state index contributed by atoms with van der Waals surface area (Å²) in [6.45, 7) is 0. The van der Waals surface area contributed by atoms with E-state index in [1.807, 2.05) is 63.2 Å². The van der Waals surface area contributed by atoms with Gasteiger partial charge in [-0.05, 0) is 41.3 Å². The normalized spacial score (nSPS) is 11.0. The summed E-state index contributed by atoms with van der Waals surface area (Å²) in [4.78, 5) is 0. The van der Waals surface area contributed by atoms with E-state index in [0.717, 1.165) is 11.3 Å². The van der Waals surface area contributed by atoms with Gasteiger partial charge in [-0.2, -0.15) is 0 Å². The third-order valence-corrected chi connectivity index (χ3v) is 3.53. The van der Waals surface area contributed by atoms with Crippen molar-refractivity contribution in [1.29, 1.82) is 0 Å². The Morgan fingerprint density at radius 2 is 1.56 bits per heavy atom. The van der Waals surface area contributed by atoms with Crippen molar-refractivity contribution in [1.82, 2.24) is 7.94 Å². The minimum absolute atomic E-state index is 0.745. The predicted molar refractivity (Wildman–Crippen MR) is 76.8 cm³/mol. The quantitative estimate of drug-likeness (QED) is 0.637. The molecular formula is C11H13N5S2. The van der Waals surface area contributed by atoms with Gasteiger partial charge in [0.25, 0.3) is 5.62 Å². The van der Waals surface area contributed by atoms with Crippen molar-refractivity contribution < 1.29 is 0 Å². The van der Waals surface area contributed by atoms with Crippen LogP contribution in [0.1, 0.15) is 0 Å². The zero-order valence-corrected chi connectivity index (χ0v) is 11.7. The van der Waals surface area contributed by atoms with E-state index in [2.05, 4.69) is 15.4 Å². The Labute approximate surface area is 114 Å². The van der Waals surface area contributed by atoms with Gasteiger partial charge in [0, 0.05) is 24.9 Å². The molecule has 0 amide bonds. The summed E-state index contributed by atoms with van der Waals surface area (Å²) in [7, 11) is 0. The van der Waals surface area contributed by atoms with Gasteiger partial charge >= 0.3 is 0 Å². The van der Waals surface area contributed by atoms with Gasteiger partial charge < -0.3 is 0 Å². The summed E-state index contributed by atoms with van der Waals surface area (Å²) < 4.78 is 3.86. The van der Waals surface area contributed by atoms with Gasteiger partial charge in [0.2, 0.25) is 0 Å². The van der Waals surface area contributed by atoms with Gasteiger partial charge in [0.15, 0.2) is 0 Å². The van der Waals surface area contributed by atoms with E-state index in [9.17, 15) is 0 Å². The van der Waals surface area contributed by atoms with Crippen LogP contribution >= 0.6 is 23.9 Å². The van der Waals surface area contributed by atoms with E-state index in [-0.39, 0.29) is 0 Å². The van der Waals surface area contributed by atoms with E-state index >= 15 is 0 Å². The summed E-state index contributed by atoms with van der Waals surface area (Å²) in [6.07, 6.45) is 7.85. The molecule has 5 nitrogen and oxygen atoms in total. The lowest BCUT2D eigenvalue weighted by atomic mass is 10.3. The first kappa shape index (κ1) is 13.0. The van der Waals surface area contributed by atoms with E-state index in [1.165, 1.54) is 0 Å². The number of benzene rings is 1. The summed E-state index contributed by atoms with van der Waals surface area (Å²) in [6, 6.07) is 9.54. The Bertz CT molecular complexity index is 560. The van der Waals surface area contributed by atoms with Gasteiger partial charge in [-0.25, -0.2) is 0 Å². The van der Waals surface area contributed by atoms with Crippen LogP contribution in [0.4, 0.5) is 5.69 Å². The first-order chi connectivity index (χ1) is 8.85. The summed E-state index contributed by atoms with van der Waals surface area (Å²) in [5.41, 5.74) is 1.54. The van der Waals surface area contributed by atoms with Crippen LogP contribution < -0.4 is 5.62 Å². The highest BCUT2D eigenvalue weighted by Gasteiger charge is 1.98. The minimum Gasteiger partial charge on any atom is -0.258 e. The van der Waals surface area contributed by atoms with E-state index in [1.54, 1.807) is 23.9 Å². The highest BCUT2D eigenvalue weighted by atomic mass is 32.2. The predicted octanol–water partition coefficient (Wildman–Crippen LogP) is 3.14. The van der Waals surface area contributed by atoms with Crippen molar-refractivity contribution in [2.45, 2.75) is 0 Å². The number of aromatic nitrogens is 2. The molecule has 94 valence electrons. The second kappa shape index (κ2) is 6.46. The van der Waals surface area contributed by atoms with Gasteiger partial charge in [-0.15, -0.1) is 5.11 Å². The van der Waals surface area contributed by atoms with E-state index in [4.69, 9.17) is 0 Å². The SMILES string of the molecule is CSn1ccn(SC)c1=NN=Nc1ccccc1. The molecule has 2 rings (SSSR count). The maximum Gasteiger partial charge on any atom is 0.252 e. The maximum absolute atomic E-state index is 4.15. The van der Waals surface area contributed by atoms with Crippen LogP contribution in [0.15, 0.2) is 58.2 Å². The average Bonchev–Trinajstić information content (AvgIpc) is 2.82. The number of hydrogen-bond donors (Lipinski definition) is 0. The van der Waals surface area contributed by atoms with E-state index < -0.39 is 0 Å². The fourth-order valence-electron chi connectivity index (χ4n) is 1.33. The summed E-state index contributed by atoms with van der Waals surface area (Å²) in [5, 5.41) is 12.1. The van der Waals surface area contributed by atoms with Crippen molar-refractivity contribution in [3.05, 3.63) is 48.3 Å². The number of nitrogens with zero attached hydrogens (tertiary/aromatic N) is 5. The Morgan fingerprint density at radius 3 is 2.11 bits per heavy atom. The average molecular weight is 279 g/mol. The molecular weight excluding hydrogens is 266 g/mol. The highest BCUT2D eigenvalue weighted by molar-refractivity contribution is 7.97. The Kier molecular flexibility index (Phi) is 4.66. The molecule has 1 aromatic heterocycles. The molecule has 0 atom stereocenters. The molecule has 18 heavy (non-hydrogen) atoms. The first-order valence-corrected chi connectivity index (χ1v) is 7.60. The molecule has 0 aliphatic heterocycles.